The Hall–Kier alpha value is -2.21. The number of methoxy groups -OCH3 is 1. The van der Waals surface area contributed by atoms with Crippen LogP contribution in [0.15, 0.2) is 18.2 Å². The molecule has 1 aliphatic carbocycles. The molecule has 1 saturated heterocycles. The van der Waals surface area contributed by atoms with E-state index in [0.717, 1.165) is 25.8 Å². The molecule has 37 heavy (non-hydrogen) atoms. The normalized spacial score (nSPS) is 21.2. The van der Waals surface area contributed by atoms with Crippen LogP contribution in [0.1, 0.15) is 81.8 Å². The lowest BCUT2D eigenvalue weighted by Crippen LogP contribution is -2.54. The largest absolute Gasteiger partial charge is 0.385 e. The average molecular weight is 517 g/mol. The molecule has 3 unspecified atom stereocenters. The summed E-state index contributed by atoms with van der Waals surface area (Å²) >= 11 is 0. The van der Waals surface area contributed by atoms with Gasteiger partial charge in [-0.05, 0) is 69.7 Å². The Morgan fingerprint density at radius 1 is 1.27 bits per heavy atom. The number of nitrogens with one attached hydrogen (secondary N) is 2. The molecule has 1 aromatic carbocycles. The van der Waals surface area contributed by atoms with Gasteiger partial charge in [0, 0.05) is 50.9 Å². The van der Waals surface area contributed by atoms with Crippen molar-refractivity contribution < 1.29 is 19.0 Å². The molecule has 0 radical (unpaired) electrons. The highest BCUT2D eigenvalue weighted by Gasteiger charge is 2.43. The number of piperidine rings is 1. The molecular formula is C29H45FN4O3. The van der Waals surface area contributed by atoms with Crippen LogP contribution < -0.4 is 10.6 Å². The van der Waals surface area contributed by atoms with Crippen LogP contribution in [0.2, 0.25) is 0 Å². The minimum atomic E-state index is -1.41. The molecule has 2 fully saturated rings. The number of halogens is 1. The van der Waals surface area contributed by atoms with Crippen molar-refractivity contribution in [3.63, 3.8) is 0 Å². The van der Waals surface area contributed by atoms with Crippen LogP contribution in [0.5, 0.6) is 0 Å². The summed E-state index contributed by atoms with van der Waals surface area (Å²) in [6.45, 7) is 2.27. The van der Waals surface area contributed by atoms with Crippen molar-refractivity contribution in [2.75, 3.05) is 40.4 Å². The van der Waals surface area contributed by atoms with Gasteiger partial charge in [-0.25, -0.2) is 9.18 Å². The maximum Gasteiger partial charge on any atom is 0.317 e. The lowest BCUT2D eigenvalue weighted by Gasteiger charge is -2.43. The SMILES string of the molecule is CNCC(CC1CCCCC1)NC(=O)N1CCCC(C(O)(CCCCOC)c2cc(F)ccc2C#N)C1. The van der Waals surface area contributed by atoms with E-state index in [9.17, 15) is 19.6 Å². The first-order valence-corrected chi connectivity index (χ1v) is 14.0. The first-order chi connectivity index (χ1) is 17.9. The highest BCUT2D eigenvalue weighted by Crippen LogP contribution is 2.41. The Morgan fingerprint density at radius 3 is 2.76 bits per heavy atom. The van der Waals surface area contributed by atoms with E-state index in [4.69, 9.17) is 4.74 Å². The van der Waals surface area contributed by atoms with E-state index >= 15 is 0 Å². The molecule has 3 N–H and O–H groups in total. The molecular weight excluding hydrogens is 471 g/mol. The number of rotatable bonds is 12. The number of carbonyl (C=O) groups excluding carboxylic acids is 1. The van der Waals surface area contributed by atoms with Gasteiger partial charge in [0.15, 0.2) is 0 Å². The number of likely N-dealkylation sites (tertiary alicyclic amines) is 1. The lowest BCUT2D eigenvalue weighted by molar-refractivity contribution is -0.0567. The van der Waals surface area contributed by atoms with Crippen molar-refractivity contribution in [2.24, 2.45) is 11.8 Å². The number of nitrogens with zero attached hydrogens (tertiary/aromatic N) is 2. The third kappa shape index (κ3) is 8.13. The van der Waals surface area contributed by atoms with Gasteiger partial charge in [-0.3, -0.25) is 0 Å². The van der Waals surface area contributed by atoms with Crippen molar-refractivity contribution >= 4 is 6.03 Å². The minimum absolute atomic E-state index is 0.0577. The lowest BCUT2D eigenvalue weighted by atomic mass is 9.73. The van der Waals surface area contributed by atoms with Crippen LogP contribution in [0.4, 0.5) is 9.18 Å². The summed E-state index contributed by atoms with van der Waals surface area (Å²) < 4.78 is 19.5. The maximum absolute atomic E-state index is 14.3. The smallest absolute Gasteiger partial charge is 0.317 e. The summed E-state index contributed by atoms with van der Waals surface area (Å²) in [5.41, 5.74) is -0.810. The number of nitriles is 1. The molecule has 1 saturated carbocycles. The fraction of sp³-hybridized carbons (Fsp3) is 0.724. The van der Waals surface area contributed by atoms with E-state index in [1.54, 1.807) is 12.0 Å². The van der Waals surface area contributed by atoms with Gasteiger partial charge in [0.1, 0.15) is 5.82 Å². The van der Waals surface area contributed by atoms with Crippen LogP contribution in [-0.2, 0) is 10.3 Å². The van der Waals surface area contributed by atoms with Gasteiger partial charge in [-0.15, -0.1) is 0 Å². The summed E-state index contributed by atoms with van der Waals surface area (Å²) in [6, 6.07) is 6.06. The molecule has 2 amide bonds. The van der Waals surface area contributed by atoms with E-state index in [2.05, 4.69) is 16.7 Å². The number of amides is 2. The third-order valence-corrected chi connectivity index (χ3v) is 8.23. The van der Waals surface area contributed by atoms with Gasteiger partial charge >= 0.3 is 6.03 Å². The highest BCUT2D eigenvalue weighted by molar-refractivity contribution is 5.74. The van der Waals surface area contributed by atoms with E-state index in [0.29, 0.717) is 50.4 Å². The first-order valence-electron chi connectivity index (χ1n) is 14.0. The van der Waals surface area contributed by atoms with Crippen LogP contribution in [-0.4, -0.2) is 62.5 Å². The fourth-order valence-electron chi connectivity index (χ4n) is 6.25. The second-order valence-electron chi connectivity index (χ2n) is 10.9. The molecule has 2 aliphatic rings. The number of likely N-dealkylation sites (N-methyl/N-ethyl adjacent to an activating group) is 1. The molecule has 1 aliphatic heterocycles. The monoisotopic (exact) mass is 516 g/mol. The van der Waals surface area contributed by atoms with Gasteiger partial charge < -0.3 is 25.4 Å². The van der Waals surface area contributed by atoms with Crippen molar-refractivity contribution in [2.45, 2.75) is 82.3 Å². The molecule has 1 heterocycles. The van der Waals surface area contributed by atoms with Gasteiger partial charge in [0.05, 0.1) is 17.2 Å². The predicted octanol–water partition coefficient (Wildman–Crippen LogP) is 4.68. The van der Waals surface area contributed by atoms with Crippen LogP contribution in [0, 0.1) is 29.0 Å². The number of hydrogen-bond donors (Lipinski definition) is 3. The van der Waals surface area contributed by atoms with Crippen molar-refractivity contribution in [1.29, 1.82) is 5.26 Å². The summed E-state index contributed by atoms with van der Waals surface area (Å²) in [7, 11) is 3.55. The Labute approximate surface area is 221 Å². The number of hydrogen-bond acceptors (Lipinski definition) is 5. The Morgan fingerprint density at radius 2 is 2.05 bits per heavy atom. The average Bonchev–Trinajstić information content (AvgIpc) is 2.91. The summed E-state index contributed by atoms with van der Waals surface area (Å²) in [6.07, 6.45) is 10.5. The molecule has 0 bridgehead atoms. The number of benzene rings is 1. The Kier molecular flexibility index (Phi) is 11.6. The van der Waals surface area contributed by atoms with E-state index in [1.807, 2.05) is 7.05 Å². The topological polar surface area (TPSA) is 97.6 Å². The third-order valence-electron chi connectivity index (χ3n) is 8.23. The summed E-state index contributed by atoms with van der Waals surface area (Å²) in [5, 5.41) is 28.3. The second-order valence-corrected chi connectivity index (χ2v) is 10.9. The van der Waals surface area contributed by atoms with Crippen molar-refractivity contribution in [3.05, 3.63) is 35.1 Å². The quantitative estimate of drug-likeness (QED) is 0.351. The van der Waals surface area contributed by atoms with Crippen LogP contribution in [0.3, 0.4) is 0 Å². The molecule has 1 aromatic rings. The zero-order chi connectivity index (χ0) is 26.7. The molecule has 7 nitrogen and oxygen atoms in total. The van der Waals surface area contributed by atoms with Crippen LogP contribution >= 0.6 is 0 Å². The zero-order valence-corrected chi connectivity index (χ0v) is 22.6. The van der Waals surface area contributed by atoms with E-state index < -0.39 is 11.4 Å². The van der Waals surface area contributed by atoms with Gasteiger partial charge in [-0.1, -0.05) is 32.1 Å². The second kappa shape index (κ2) is 14.7. The molecule has 0 aromatic heterocycles. The number of urea groups is 1. The Balaban J connectivity index is 1.75. The van der Waals surface area contributed by atoms with Gasteiger partial charge in [0.25, 0.3) is 0 Å². The van der Waals surface area contributed by atoms with Gasteiger partial charge in [-0.2, -0.15) is 5.26 Å². The number of unbranched alkanes of at least 4 members (excludes halogenated alkanes) is 1. The zero-order valence-electron chi connectivity index (χ0n) is 22.6. The Bertz CT molecular complexity index is 902. The van der Waals surface area contributed by atoms with Crippen molar-refractivity contribution in [1.82, 2.24) is 15.5 Å². The molecule has 0 spiro atoms. The van der Waals surface area contributed by atoms with Crippen LogP contribution in [0.25, 0.3) is 0 Å². The molecule has 8 heteroatoms. The minimum Gasteiger partial charge on any atom is -0.385 e. The summed E-state index contributed by atoms with van der Waals surface area (Å²) in [4.78, 5) is 15.2. The number of ether oxygens (including phenoxy) is 1. The maximum atomic E-state index is 14.3. The predicted molar refractivity (Wildman–Crippen MR) is 142 cm³/mol. The number of carbonyl (C=O) groups is 1. The first kappa shape index (κ1) is 29.3. The number of aliphatic hydroxyl groups is 1. The van der Waals surface area contributed by atoms with E-state index in [-0.39, 0.29) is 23.6 Å². The van der Waals surface area contributed by atoms with Crippen molar-refractivity contribution in [3.8, 4) is 6.07 Å². The molecule has 206 valence electrons. The summed E-state index contributed by atoms with van der Waals surface area (Å²) in [5.74, 6) is -0.132. The highest BCUT2D eigenvalue weighted by atomic mass is 19.1. The van der Waals surface area contributed by atoms with Gasteiger partial charge in [0.2, 0.25) is 0 Å². The molecule has 3 rings (SSSR count). The molecule has 3 atom stereocenters. The van der Waals surface area contributed by atoms with E-state index in [1.165, 1.54) is 50.3 Å². The standard InChI is InChI=1S/C29H45FN4O3/c1-32-20-26(17-22-9-4-3-5-10-22)33-28(35)34-15-8-11-24(21-34)29(36,14-6-7-16-37-2)27-18-25(30)13-12-23(27)19-31/h12-13,18,22,24,26,32,36H,3-11,14-17,20-21H2,1-2H3,(H,33,35). The fourth-order valence-corrected chi connectivity index (χ4v) is 6.25.